The largest absolute Gasteiger partial charge is 0.458 e. The summed E-state index contributed by atoms with van der Waals surface area (Å²) in [5.74, 6) is -0.915. The van der Waals surface area contributed by atoms with Gasteiger partial charge in [-0.2, -0.15) is 0 Å². The molecule has 1 aromatic carbocycles. The van der Waals surface area contributed by atoms with Crippen LogP contribution in [0.4, 0.5) is 0 Å². The molecule has 140 valence electrons. The Morgan fingerprint density at radius 3 is 2.85 bits per heavy atom. The third kappa shape index (κ3) is 4.09. The fraction of sp³-hybridized carbons (Fsp3) is 0.562. The second-order valence-electron chi connectivity index (χ2n) is 5.74. The van der Waals surface area contributed by atoms with Crippen molar-refractivity contribution in [2.45, 2.75) is 36.1 Å². The summed E-state index contributed by atoms with van der Waals surface area (Å²) in [5, 5.41) is 3.79. The van der Waals surface area contributed by atoms with Crippen LogP contribution in [0.3, 0.4) is 0 Å². The van der Waals surface area contributed by atoms with Crippen molar-refractivity contribution in [1.29, 1.82) is 0 Å². The zero-order valence-electron chi connectivity index (χ0n) is 13.9. The average molecular weight is 400 g/mol. The number of alkyl halides is 1. The van der Waals surface area contributed by atoms with Crippen molar-refractivity contribution in [2.75, 3.05) is 18.7 Å². The predicted octanol–water partition coefficient (Wildman–Crippen LogP) is 3.02. The minimum absolute atomic E-state index is 0.263. The third-order valence-corrected chi connectivity index (χ3v) is 5.25. The lowest BCUT2D eigenvalue weighted by atomic mass is 9.97. The molecule has 2 heterocycles. The van der Waals surface area contributed by atoms with Gasteiger partial charge in [0.05, 0.1) is 6.61 Å². The first-order valence-corrected chi connectivity index (χ1v) is 9.80. The minimum Gasteiger partial charge on any atom is -0.458 e. The maximum Gasteiger partial charge on any atom is 0.321 e. The highest BCUT2D eigenvalue weighted by molar-refractivity contribution is 7.99. The smallest absolute Gasteiger partial charge is 0.321 e. The van der Waals surface area contributed by atoms with E-state index in [2.05, 4.69) is 10.0 Å². The van der Waals surface area contributed by atoms with E-state index in [1.807, 2.05) is 36.6 Å². The van der Waals surface area contributed by atoms with Crippen LogP contribution in [0, 0.1) is 0 Å². The van der Waals surface area contributed by atoms with E-state index in [0.29, 0.717) is 0 Å². The van der Waals surface area contributed by atoms with Gasteiger partial charge < -0.3 is 18.9 Å². The van der Waals surface area contributed by atoms with E-state index in [0.717, 1.165) is 5.56 Å². The van der Waals surface area contributed by atoms with Crippen LogP contribution in [0.25, 0.3) is 10.4 Å². The van der Waals surface area contributed by atoms with Gasteiger partial charge in [-0.25, -0.2) is 0 Å². The molecule has 2 aliphatic rings. The lowest BCUT2D eigenvalue weighted by molar-refractivity contribution is -0.306. The Balaban J connectivity index is 1.87. The third-order valence-electron chi connectivity index (χ3n) is 4.17. The Bertz CT molecular complexity index is 675. The summed E-state index contributed by atoms with van der Waals surface area (Å²) in [6.45, 7) is 0.263. The number of esters is 1. The van der Waals surface area contributed by atoms with Gasteiger partial charge in [0, 0.05) is 10.5 Å². The molecule has 0 radical (unpaired) electrons. The summed E-state index contributed by atoms with van der Waals surface area (Å²) in [6.07, 6.45) is -0.715. The highest BCUT2D eigenvalue weighted by Gasteiger charge is 2.51. The molecule has 26 heavy (non-hydrogen) atoms. The number of benzene rings is 1. The van der Waals surface area contributed by atoms with Crippen molar-refractivity contribution in [1.82, 2.24) is 0 Å². The number of hydrogen-bond donors (Lipinski definition) is 0. The molecule has 0 aromatic heterocycles. The highest BCUT2D eigenvalue weighted by Crippen LogP contribution is 2.38. The Labute approximate surface area is 159 Å². The molecule has 0 bridgehead atoms. The molecular formula is C16H18ClN3O5S. The van der Waals surface area contributed by atoms with Crippen LogP contribution in [0.2, 0.25) is 0 Å². The zero-order chi connectivity index (χ0) is 18.5. The second kappa shape index (κ2) is 8.94. The first kappa shape index (κ1) is 19.3. The second-order valence-corrected chi connectivity index (χ2v) is 6.94. The maximum absolute atomic E-state index is 11.8. The van der Waals surface area contributed by atoms with Gasteiger partial charge in [-0.1, -0.05) is 35.4 Å². The maximum atomic E-state index is 11.8. The van der Waals surface area contributed by atoms with Crippen LogP contribution in [0.5, 0.6) is 0 Å². The molecule has 10 heteroatoms. The number of carbonyl (C=O) groups is 1. The first-order valence-electron chi connectivity index (χ1n) is 7.98. The quantitative estimate of drug-likeness (QED) is 0.248. The van der Waals surface area contributed by atoms with Crippen molar-refractivity contribution in [2.24, 2.45) is 5.11 Å². The number of nitrogens with zero attached hydrogens (tertiary/aromatic N) is 3. The number of hydrogen-bond acceptors (Lipinski definition) is 7. The van der Waals surface area contributed by atoms with Gasteiger partial charge in [0.2, 0.25) is 0 Å². The molecule has 6 atom stereocenters. The SMILES string of the molecule is CS[C@H]1O[C@H]2COC(c3ccccc3)O[C@H]2[C@H](OC(=O)CCl)[C@@H]1N=[N+]=[N-]. The molecule has 0 saturated carbocycles. The van der Waals surface area contributed by atoms with Crippen molar-refractivity contribution in [3.63, 3.8) is 0 Å². The Hall–Kier alpha value is -1.48. The highest BCUT2D eigenvalue weighted by atomic mass is 35.5. The van der Waals surface area contributed by atoms with Crippen LogP contribution < -0.4 is 0 Å². The number of carbonyl (C=O) groups excluding carboxylic acids is 1. The molecule has 0 aliphatic carbocycles. The predicted molar refractivity (Wildman–Crippen MR) is 95.7 cm³/mol. The molecule has 1 aromatic rings. The normalized spacial score (nSPS) is 33.6. The van der Waals surface area contributed by atoms with Crippen LogP contribution in [-0.4, -0.2) is 54.5 Å². The number of halogens is 1. The number of ether oxygens (including phenoxy) is 4. The van der Waals surface area contributed by atoms with Gasteiger partial charge in [0.15, 0.2) is 6.29 Å². The molecule has 2 aliphatic heterocycles. The number of rotatable bonds is 5. The van der Waals surface area contributed by atoms with Gasteiger partial charge >= 0.3 is 5.97 Å². The van der Waals surface area contributed by atoms with Crippen molar-refractivity contribution < 1.29 is 23.7 Å². The number of azide groups is 1. The summed E-state index contributed by atoms with van der Waals surface area (Å²) >= 11 is 6.95. The lowest BCUT2D eigenvalue weighted by Gasteiger charge is -2.47. The zero-order valence-corrected chi connectivity index (χ0v) is 15.5. The topological polar surface area (TPSA) is 103 Å². The van der Waals surface area contributed by atoms with Crippen LogP contribution in [0.15, 0.2) is 35.4 Å². The Morgan fingerprint density at radius 1 is 1.42 bits per heavy atom. The standard InChI is InChI=1S/C16H18ClN3O5S/c1-26-16-12(19-20-18)14(24-11(21)7-17)13-10(23-16)8-22-15(25-13)9-5-3-2-4-6-9/h2-6,10,12-16H,7-8H2,1H3/t10-,12-,13+,14+,15?,16+/m0/s1. The molecule has 8 nitrogen and oxygen atoms in total. The molecule has 1 unspecified atom stereocenters. The first-order chi connectivity index (χ1) is 12.7. The minimum atomic E-state index is -0.816. The molecular weight excluding hydrogens is 382 g/mol. The van der Waals surface area contributed by atoms with E-state index in [-0.39, 0.29) is 12.5 Å². The summed E-state index contributed by atoms with van der Waals surface area (Å²) < 4.78 is 23.3. The van der Waals surface area contributed by atoms with Gasteiger partial charge in [-0.05, 0) is 11.8 Å². The van der Waals surface area contributed by atoms with Crippen LogP contribution in [0.1, 0.15) is 11.9 Å². The van der Waals surface area contributed by atoms with Crippen LogP contribution in [-0.2, 0) is 23.7 Å². The van der Waals surface area contributed by atoms with Gasteiger partial charge in [0.1, 0.15) is 35.7 Å². The average Bonchev–Trinajstić information content (AvgIpc) is 2.69. The Kier molecular flexibility index (Phi) is 6.63. The van der Waals surface area contributed by atoms with Crippen molar-refractivity contribution in [3.8, 4) is 0 Å². The van der Waals surface area contributed by atoms with Gasteiger partial charge in [-0.15, -0.1) is 23.4 Å². The molecule has 0 amide bonds. The summed E-state index contributed by atoms with van der Waals surface area (Å²) in [4.78, 5) is 14.7. The fourth-order valence-electron chi connectivity index (χ4n) is 3.03. The van der Waals surface area contributed by atoms with Gasteiger partial charge in [0.25, 0.3) is 0 Å². The van der Waals surface area contributed by atoms with Crippen LogP contribution >= 0.6 is 23.4 Å². The van der Waals surface area contributed by atoms with E-state index in [1.165, 1.54) is 11.8 Å². The summed E-state index contributed by atoms with van der Waals surface area (Å²) in [6, 6.07) is 8.67. The summed E-state index contributed by atoms with van der Waals surface area (Å²) in [5.41, 5.74) is 9.28. The van der Waals surface area contributed by atoms with Crippen molar-refractivity contribution >= 4 is 29.3 Å². The molecule has 2 fully saturated rings. The van der Waals surface area contributed by atoms with Crippen molar-refractivity contribution in [3.05, 3.63) is 46.3 Å². The number of thioether (sulfide) groups is 1. The molecule has 0 N–H and O–H groups in total. The molecule has 2 saturated heterocycles. The van der Waals surface area contributed by atoms with Gasteiger partial charge in [-0.3, -0.25) is 4.79 Å². The van der Waals surface area contributed by atoms with E-state index < -0.39 is 42.0 Å². The summed E-state index contributed by atoms with van der Waals surface area (Å²) in [7, 11) is 0. The monoisotopic (exact) mass is 399 g/mol. The van der Waals surface area contributed by atoms with E-state index in [1.54, 1.807) is 0 Å². The molecule has 3 rings (SSSR count). The Morgan fingerprint density at radius 2 is 2.19 bits per heavy atom. The fourth-order valence-corrected chi connectivity index (χ4v) is 3.84. The van der Waals surface area contributed by atoms with E-state index in [4.69, 9.17) is 36.1 Å². The molecule has 0 spiro atoms. The lowest BCUT2D eigenvalue weighted by Crippen LogP contribution is -2.61. The van der Waals surface area contributed by atoms with E-state index >= 15 is 0 Å². The number of fused-ring (bicyclic) bond motifs is 1. The van der Waals surface area contributed by atoms with E-state index in [9.17, 15) is 4.79 Å².